The standard InChI is InChI=1S/C29H40N/c1-18(2)27(19(3)4)23-11-12-25-22(16-23)13-14-30(10)28(25)26-17-24(29(7,8)9)15-20(5)21(26)6/h11-19,27H,1-10H3/q+1. The molecule has 0 aliphatic heterocycles. The van der Waals surface area contributed by atoms with Crippen molar-refractivity contribution in [3.8, 4) is 11.3 Å². The summed E-state index contributed by atoms with van der Waals surface area (Å²) in [6, 6.07) is 14.2. The van der Waals surface area contributed by atoms with E-state index in [0.29, 0.717) is 17.8 Å². The number of aromatic nitrogens is 1. The Hall–Kier alpha value is -2.15. The van der Waals surface area contributed by atoms with Crippen LogP contribution in [-0.2, 0) is 12.5 Å². The van der Waals surface area contributed by atoms with E-state index in [9.17, 15) is 0 Å². The summed E-state index contributed by atoms with van der Waals surface area (Å²) in [5, 5.41) is 2.67. The second-order valence-electron chi connectivity index (χ2n) is 10.9. The van der Waals surface area contributed by atoms with Gasteiger partial charge in [0.1, 0.15) is 7.05 Å². The summed E-state index contributed by atoms with van der Waals surface area (Å²) in [6.45, 7) is 20.8. The molecule has 1 nitrogen and oxygen atoms in total. The maximum absolute atomic E-state index is 2.43. The zero-order valence-corrected chi connectivity index (χ0v) is 20.7. The van der Waals surface area contributed by atoms with Crippen molar-refractivity contribution >= 4 is 10.8 Å². The Balaban J connectivity index is 2.28. The van der Waals surface area contributed by atoms with Crippen molar-refractivity contribution in [3.63, 3.8) is 0 Å². The van der Waals surface area contributed by atoms with Gasteiger partial charge in [0.25, 0.3) is 0 Å². The van der Waals surface area contributed by atoms with Gasteiger partial charge in [0.15, 0.2) is 6.20 Å². The first-order chi connectivity index (χ1) is 13.9. The maximum atomic E-state index is 2.43. The van der Waals surface area contributed by atoms with Crippen LogP contribution in [0.4, 0.5) is 0 Å². The molecule has 3 rings (SSSR count). The number of pyridine rings is 1. The van der Waals surface area contributed by atoms with Crippen molar-refractivity contribution in [2.24, 2.45) is 18.9 Å². The van der Waals surface area contributed by atoms with Crippen LogP contribution in [0.5, 0.6) is 0 Å². The molecule has 0 atom stereocenters. The Bertz CT molecular complexity index is 1060. The molecule has 0 saturated carbocycles. The Labute approximate surface area is 184 Å². The smallest absolute Gasteiger partial charge is 0.200 e. The van der Waals surface area contributed by atoms with Crippen LogP contribution >= 0.6 is 0 Å². The van der Waals surface area contributed by atoms with Gasteiger partial charge in [-0.1, -0.05) is 66.7 Å². The van der Waals surface area contributed by atoms with Gasteiger partial charge in [-0.05, 0) is 76.8 Å². The third-order valence-corrected chi connectivity index (χ3v) is 6.77. The molecule has 160 valence electrons. The summed E-state index contributed by atoms with van der Waals surface area (Å²) in [5.74, 6) is 1.85. The topological polar surface area (TPSA) is 3.88 Å². The van der Waals surface area contributed by atoms with Crippen LogP contribution in [-0.4, -0.2) is 0 Å². The molecule has 1 aromatic heterocycles. The van der Waals surface area contributed by atoms with Crippen LogP contribution < -0.4 is 4.57 Å². The molecule has 1 heterocycles. The molecule has 0 saturated heterocycles. The van der Waals surface area contributed by atoms with Crippen LogP contribution in [0.25, 0.3) is 22.0 Å². The Morgan fingerprint density at radius 2 is 1.47 bits per heavy atom. The monoisotopic (exact) mass is 402 g/mol. The number of rotatable bonds is 4. The minimum atomic E-state index is 0.130. The summed E-state index contributed by atoms with van der Waals surface area (Å²) in [4.78, 5) is 0. The van der Waals surface area contributed by atoms with Gasteiger partial charge in [0, 0.05) is 6.07 Å². The Morgan fingerprint density at radius 1 is 0.833 bits per heavy atom. The summed E-state index contributed by atoms with van der Waals surface area (Å²) in [7, 11) is 2.17. The average molecular weight is 403 g/mol. The summed E-state index contributed by atoms with van der Waals surface area (Å²) < 4.78 is 2.29. The molecular formula is C29H40N+. The first kappa shape index (κ1) is 22.5. The summed E-state index contributed by atoms with van der Waals surface area (Å²) in [6.07, 6.45) is 2.22. The van der Waals surface area contributed by atoms with Crippen LogP contribution in [0, 0.1) is 25.7 Å². The molecule has 0 aliphatic carbocycles. The second kappa shape index (κ2) is 8.17. The zero-order chi connectivity index (χ0) is 22.4. The predicted octanol–water partition coefficient (Wildman–Crippen LogP) is 7.64. The van der Waals surface area contributed by atoms with E-state index in [-0.39, 0.29) is 5.41 Å². The Kier molecular flexibility index (Phi) is 6.14. The minimum absolute atomic E-state index is 0.130. The van der Waals surface area contributed by atoms with E-state index < -0.39 is 0 Å². The van der Waals surface area contributed by atoms with Gasteiger partial charge in [-0.3, -0.25) is 0 Å². The van der Waals surface area contributed by atoms with Crippen molar-refractivity contribution in [3.05, 3.63) is 64.8 Å². The SMILES string of the molecule is Cc1cc(C(C)(C)C)cc(-c2c3ccc(C(C(C)C)C(C)C)cc3cc[n+]2C)c1C. The third kappa shape index (κ3) is 4.17. The van der Waals surface area contributed by atoms with Gasteiger partial charge in [0.2, 0.25) is 5.69 Å². The van der Waals surface area contributed by atoms with Crippen molar-refractivity contribution < 1.29 is 4.57 Å². The van der Waals surface area contributed by atoms with E-state index in [1.165, 1.54) is 44.3 Å². The van der Waals surface area contributed by atoms with Crippen LogP contribution in [0.3, 0.4) is 0 Å². The Morgan fingerprint density at radius 3 is 2.03 bits per heavy atom. The number of hydrogen-bond donors (Lipinski definition) is 0. The van der Waals surface area contributed by atoms with Crippen molar-refractivity contribution in [1.29, 1.82) is 0 Å². The van der Waals surface area contributed by atoms with Crippen LogP contribution in [0.15, 0.2) is 42.6 Å². The van der Waals surface area contributed by atoms with Gasteiger partial charge in [-0.15, -0.1) is 0 Å². The van der Waals surface area contributed by atoms with Gasteiger partial charge < -0.3 is 0 Å². The lowest BCUT2D eigenvalue weighted by molar-refractivity contribution is -0.659. The van der Waals surface area contributed by atoms with Crippen molar-refractivity contribution in [2.45, 2.75) is 73.6 Å². The highest BCUT2D eigenvalue weighted by Crippen LogP contribution is 2.37. The average Bonchev–Trinajstić information content (AvgIpc) is 2.63. The quantitative estimate of drug-likeness (QED) is 0.395. The van der Waals surface area contributed by atoms with E-state index in [0.717, 1.165) is 0 Å². The zero-order valence-electron chi connectivity index (χ0n) is 20.7. The molecule has 0 fully saturated rings. The number of hydrogen-bond acceptors (Lipinski definition) is 0. The van der Waals surface area contributed by atoms with E-state index >= 15 is 0 Å². The highest BCUT2D eigenvalue weighted by Gasteiger charge is 2.24. The molecule has 0 N–H and O–H groups in total. The van der Waals surface area contributed by atoms with Crippen molar-refractivity contribution in [1.82, 2.24) is 0 Å². The normalized spacial score (nSPS) is 12.6. The lowest BCUT2D eigenvalue weighted by atomic mass is 9.79. The van der Waals surface area contributed by atoms with Gasteiger partial charge in [0.05, 0.1) is 10.9 Å². The molecule has 30 heavy (non-hydrogen) atoms. The molecule has 0 bridgehead atoms. The maximum Gasteiger partial charge on any atom is 0.220 e. The predicted molar refractivity (Wildman–Crippen MR) is 131 cm³/mol. The second-order valence-corrected chi connectivity index (χ2v) is 10.9. The molecule has 0 aliphatic rings. The third-order valence-electron chi connectivity index (χ3n) is 6.77. The highest BCUT2D eigenvalue weighted by molar-refractivity contribution is 5.94. The molecule has 3 aromatic rings. The number of fused-ring (bicyclic) bond motifs is 1. The highest BCUT2D eigenvalue weighted by atomic mass is 14.9. The number of benzene rings is 2. The lowest BCUT2D eigenvalue weighted by Crippen LogP contribution is -2.31. The molecule has 1 heteroatoms. The largest absolute Gasteiger partial charge is 0.220 e. The van der Waals surface area contributed by atoms with Crippen LogP contribution in [0.1, 0.15) is 76.6 Å². The molecule has 0 unspecified atom stereocenters. The fraction of sp³-hybridized carbons (Fsp3) is 0.483. The molecule has 0 spiro atoms. The van der Waals surface area contributed by atoms with E-state index in [4.69, 9.17) is 0 Å². The van der Waals surface area contributed by atoms with Crippen molar-refractivity contribution in [2.75, 3.05) is 0 Å². The van der Waals surface area contributed by atoms with E-state index in [1.54, 1.807) is 0 Å². The number of aryl methyl sites for hydroxylation is 2. The molecule has 0 amide bonds. The summed E-state index contributed by atoms with van der Waals surface area (Å²) in [5.41, 5.74) is 8.40. The molecule has 0 radical (unpaired) electrons. The van der Waals surface area contributed by atoms with E-state index in [2.05, 4.69) is 117 Å². The first-order valence-electron chi connectivity index (χ1n) is 11.5. The fourth-order valence-corrected chi connectivity index (χ4v) is 5.01. The van der Waals surface area contributed by atoms with Gasteiger partial charge in [-0.2, -0.15) is 0 Å². The van der Waals surface area contributed by atoms with Crippen LogP contribution in [0.2, 0.25) is 0 Å². The van der Waals surface area contributed by atoms with Gasteiger partial charge in [-0.25, -0.2) is 4.57 Å². The lowest BCUT2D eigenvalue weighted by Gasteiger charge is -2.26. The fourth-order valence-electron chi connectivity index (χ4n) is 5.01. The van der Waals surface area contributed by atoms with E-state index in [1.807, 2.05) is 0 Å². The minimum Gasteiger partial charge on any atom is -0.200 e. The first-order valence-corrected chi connectivity index (χ1v) is 11.5. The molecular weight excluding hydrogens is 362 g/mol. The van der Waals surface area contributed by atoms with Gasteiger partial charge >= 0.3 is 0 Å². The molecule has 2 aromatic carbocycles. The number of nitrogens with zero attached hydrogens (tertiary/aromatic N) is 1. The summed E-state index contributed by atoms with van der Waals surface area (Å²) >= 11 is 0.